The SMILES string of the molecule is C#CC(=O)N1C[C@@H]2C[C@@H](N)C[C@]2(C(=O)N2CCc3ncc(C(F)(F)F)cc3C2)C1. The molecule has 2 amide bonds. The van der Waals surface area contributed by atoms with E-state index in [2.05, 4.69) is 10.9 Å². The average molecular weight is 406 g/mol. The highest BCUT2D eigenvalue weighted by Gasteiger charge is 2.58. The highest BCUT2D eigenvalue weighted by atomic mass is 19.4. The van der Waals surface area contributed by atoms with Gasteiger partial charge in [-0.2, -0.15) is 13.2 Å². The quantitative estimate of drug-likeness (QED) is 0.711. The van der Waals surface area contributed by atoms with Crippen LogP contribution >= 0.6 is 0 Å². The zero-order chi connectivity index (χ0) is 21.0. The number of aromatic nitrogens is 1. The lowest BCUT2D eigenvalue weighted by Gasteiger charge is -2.37. The van der Waals surface area contributed by atoms with Gasteiger partial charge in [-0.25, -0.2) is 0 Å². The number of nitrogens with zero attached hydrogens (tertiary/aromatic N) is 3. The first-order valence-electron chi connectivity index (χ1n) is 9.49. The van der Waals surface area contributed by atoms with Crippen molar-refractivity contribution < 1.29 is 22.8 Å². The fourth-order valence-electron chi connectivity index (χ4n) is 5.07. The van der Waals surface area contributed by atoms with E-state index in [-0.39, 0.29) is 31.0 Å². The first kappa shape index (κ1) is 19.7. The van der Waals surface area contributed by atoms with E-state index in [0.29, 0.717) is 43.6 Å². The summed E-state index contributed by atoms with van der Waals surface area (Å²) in [4.78, 5) is 32.6. The lowest BCUT2D eigenvalue weighted by atomic mass is 9.78. The number of amides is 2. The van der Waals surface area contributed by atoms with Crippen LogP contribution in [0.25, 0.3) is 0 Å². The summed E-state index contributed by atoms with van der Waals surface area (Å²) in [5.74, 6) is 1.38. The number of nitrogens with two attached hydrogens (primary N) is 1. The van der Waals surface area contributed by atoms with Gasteiger partial charge in [-0.1, -0.05) is 0 Å². The number of alkyl halides is 3. The molecule has 0 radical (unpaired) electrons. The van der Waals surface area contributed by atoms with Crippen molar-refractivity contribution in [2.45, 2.75) is 38.0 Å². The van der Waals surface area contributed by atoms with E-state index in [1.165, 1.54) is 4.90 Å². The van der Waals surface area contributed by atoms with Crippen molar-refractivity contribution in [3.8, 4) is 12.3 Å². The maximum absolute atomic E-state index is 13.5. The minimum absolute atomic E-state index is 0.0673. The zero-order valence-corrected chi connectivity index (χ0v) is 15.7. The molecule has 3 aliphatic rings. The van der Waals surface area contributed by atoms with Gasteiger partial charge in [-0.3, -0.25) is 14.6 Å². The van der Waals surface area contributed by atoms with Crippen LogP contribution < -0.4 is 5.73 Å². The summed E-state index contributed by atoms with van der Waals surface area (Å²) in [6, 6.07) is 0.919. The minimum atomic E-state index is -4.49. The van der Waals surface area contributed by atoms with Gasteiger partial charge in [0.2, 0.25) is 5.91 Å². The molecule has 3 heterocycles. The molecule has 2 aliphatic heterocycles. The molecule has 1 aromatic heterocycles. The fourth-order valence-corrected chi connectivity index (χ4v) is 5.07. The molecule has 154 valence electrons. The number of pyridine rings is 1. The minimum Gasteiger partial charge on any atom is -0.337 e. The summed E-state index contributed by atoms with van der Waals surface area (Å²) in [5, 5.41) is 0. The lowest BCUT2D eigenvalue weighted by molar-refractivity contribution is -0.144. The monoisotopic (exact) mass is 406 g/mol. The van der Waals surface area contributed by atoms with Gasteiger partial charge in [0.1, 0.15) is 0 Å². The molecule has 0 aromatic carbocycles. The van der Waals surface area contributed by atoms with Crippen LogP contribution in [0.5, 0.6) is 0 Å². The molecular formula is C20H21F3N4O2. The molecule has 0 unspecified atom stereocenters. The van der Waals surface area contributed by atoms with E-state index in [4.69, 9.17) is 12.2 Å². The number of likely N-dealkylation sites (tertiary alicyclic amines) is 1. The molecule has 9 heteroatoms. The van der Waals surface area contributed by atoms with Crippen molar-refractivity contribution >= 4 is 11.8 Å². The number of halogens is 3. The molecule has 2 N–H and O–H groups in total. The fraction of sp³-hybridized carbons (Fsp3) is 0.550. The summed E-state index contributed by atoms with van der Waals surface area (Å²) in [6.07, 6.45) is 3.02. The number of carbonyl (C=O) groups excluding carboxylic acids is 2. The Hall–Kier alpha value is -2.60. The van der Waals surface area contributed by atoms with E-state index in [9.17, 15) is 22.8 Å². The third-order valence-electron chi connectivity index (χ3n) is 6.40. The Labute approximate surface area is 166 Å². The van der Waals surface area contributed by atoms with E-state index >= 15 is 0 Å². The molecule has 4 rings (SSSR count). The molecule has 1 saturated heterocycles. The topological polar surface area (TPSA) is 79.5 Å². The van der Waals surface area contributed by atoms with E-state index in [1.54, 1.807) is 4.90 Å². The molecule has 0 bridgehead atoms. The second kappa shape index (κ2) is 6.73. The number of fused-ring (bicyclic) bond motifs is 2. The summed E-state index contributed by atoms with van der Waals surface area (Å²) >= 11 is 0. The average Bonchev–Trinajstić information content (AvgIpc) is 3.18. The molecule has 2 fully saturated rings. The van der Waals surface area contributed by atoms with Crippen LogP contribution in [0.4, 0.5) is 13.2 Å². The van der Waals surface area contributed by atoms with Crippen molar-refractivity contribution in [3.05, 3.63) is 29.1 Å². The summed E-state index contributed by atoms with van der Waals surface area (Å²) in [5.41, 5.74) is 5.47. The number of hydrogen-bond acceptors (Lipinski definition) is 4. The number of carbonyl (C=O) groups is 2. The van der Waals surface area contributed by atoms with Crippen molar-refractivity contribution in [1.29, 1.82) is 0 Å². The van der Waals surface area contributed by atoms with E-state index in [0.717, 1.165) is 12.3 Å². The Balaban J connectivity index is 1.60. The second-order valence-corrected chi connectivity index (χ2v) is 8.19. The van der Waals surface area contributed by atoms with Crippen molar-refractivity contribution in [1.82, 2.24) is 14.8 Å². The summed E-state index contributed by atoms with van der Waals surface area (Å²) in [7, 11) is 0. The first-order valence-corrected chi connectivity index (χ1v) is 9.49. The Morgan fingerprint density at radius 3 is 2.79 bits per heavy atom. The molecular weight excluding hydrogens is 385 g/mol. The molecule has 3 atom stereocenters. The van der Waals surface area contributed by atoms with Gasteiger partial charge in [0.25, 0.3) is 5.91 Å². The van der Waals surface area contributed by atoms with Crippen LogP contribution in [0.1, 0.15) is 29.7 Å². The third kappa shape index (κ3) is 3.25. The number of terminal acetylenes is 1. The van der Waals surface area contributed by atoms with E-state index in [1.807, 2.05) is 0 Å². The van der Waals surface area contributed by atoms with Crippen LogP contribution in [0.15, 0.2) is 12.3 Å². The van der Waals surface area contributed by atoms with E-state index < -0.39 is 23.1 Å². The number of hydrogen-bond donors (Lipinski definition) is 1. The van der Waals surface area contributed by atoms with Crippen LogP contribution in [0.2, 0.25) is 0 Å². The predicted octanol–water partition coefficient (Wildman–Crippen LogP) is 1.18. The highest BCUT2D eigenvalue weighted by molar-refractivity contribution is 5.94. The largest absolute Gasteiger partial charge is 0.417 e. The van der Waals surface area contributed by atoms with Gasteiger partial charge in [-0.15, -0.1) is 6.42 Å². The molecule has 1 aliphatic carbocycles. The maximum Gasteiger partial charge on any atom is 0.417 e. The molecule has 0 spiro atoms. The highest BCUT2D eigenvalue weighted by Crippen LogP contribution is 2.50. The Morgan fingerprint density at radius 2 is 2.10 bits per heavy atom. The number of rotatable bonds is 1. The van der Waals surface area contributed by atoms with Gasteiger partial charge in [0, 0.05) is 50.5 Å². The Morgan fingerprint density at radius 1 is 1.34 bits per heavy atom. The standard InChI is InChI=1S/C20H21F3N4O2/c1-2-17(28)27-10-14-6-15(24)7-19(14,11-27)18(29)26-4-3-16-12(9-26)5-13(8-25-16)20(21,22)23/h1,5,8,14-15H,3-4,6-7,9-11,24H2/t14-,15+,19-/m0/s1. The lowest BCUT2D eigenvalue weighted by Crippen LogP contribution is -2.49. The maximum atomic E-state index is 13.5. The van der Waals surface area contributed by atoms with Gasteiger partial charge in [0.15, 0.2) is 0 Å². The zero-order valence-electron chi connectivity index (χ0n) is 15.7. The Bertz CT molecular complexity index is 910. The van der Waals surface area contributed by atoms with Gasteiger partial charge >= 0.3 is 6.18 Å². The van der Waals surface area contributed by atoms with Crippen LogP contribution in [-0.2, 0) is 28.7 Å². The summed E-state index contributed by atoms with van der Waals surface area (Å²) < 4.78 is 39.1. The van der Waals surface area contributed by atoms with Crippen molar-refractivity contribution in [2.24, 2.45) is 17.1 Å². The Kier molecular flexibility index (Phi) is 4.57. The molecule has 1 aromatic rings. The summed E-state index contributed by atoms with van der Waals surface area (Å²) in [6.45, 7) is 1.03. The van der Waals surface area contributed by atoms with Crippen LogP contribution in [0.3, 0.4) is 0 Å². The van der Waals surface area contributed by atoms with Gasteiger partial charge in [0.05, 0.1) is 11.0 Å². The molecule has 1 saturated carbocycles. The van der Waals surface area contributed by atoms with Gasteiger partial charge < -0.3 is 15.5 Å². The normalized spacial score (nSPS) is 28.7. The van der Waals surface area contributed by atoms with Crippen molar-refractivity contribution in [2.75, 3.05) is 19.6 Å². The van der Waals surface area contributed by atoms with Crippen LogP contribution in [0, 0.1) is 23.7 Å². The second-order valence-electron chi connectivity index (χ2n) is 8.19. The molecule has 29 heavy (non-hydrogen) atoms. The third-order valence-corrected chi connectivity index (χ3v) is 6.40. The van der Waals surface area contributed by atoms with Crippen LogP contribution in [-0.4, -0.2) is 52.3 Å². The smallest absolute Gasteiger partial charge is 0.337 e. The predicted molar refractivity (Wildman–Crippen MR) is 96.9 cm³/mol. The molecule has 6 nitrogen and oxygen atoms in total. The van der Waals surface area contributed by atoms with Crippen molar-refractivity contribution in [3.63, 3.8) is 0 Å². The van der Waals surface area contributed by atoms with Gasteiger partial charge in [-0.05, 0) is 36.3 Å². The first-order chi connectivity index (χ1) is 13.6.